The third kappa shape index (κ3) is 6.33. The minimum absolute atomic E-state index is 0.184. The minimum atomic E-state index is -3.66. The number of benzene rings is 3. The summed E-state index contributed by atoms with van der Waals surface area (Å²) in [5, 5.41) is 2.93. The monoisotopic (exact) mass is 438 g/mol. The standard InChI is InChI=1S/C24H26N2O4S/c1-3-23(19-10-6-4-7-11-19)25-24(27)18-26(31(2,28)29)20-14-16-22(17-15-20)30-21-12-8-5-9-13-21/h4-17,23H,3,18H2,1-2H3,(H,25,27). The quantitative estimate of drug-likeness (QED) is 0.533. The van der Waals surface area contributed by atoms with Crippen LogP contribution < -0.4 is 14.4 Å². The molecule has 0 aliphatic carbocycles. The van der Waals surface area contributed by atoms with Gasteiger partial charge in [0.05, 0.1) is 18.0 Å². The van der Waals surface area contributed by atoms with Crippen LogP contribution in [0.4, 0.5) is 5.69 Å². The summed E-state index contributed by atoms with van der Waals surface area (Å²) in [6.45, 7) is 1.67. The van der Waals surface area contributed by atoms with Gasteiger partial charge in [0.2, 0.25) is 15.9 Å². The predicted molar refractivity (Wildman–Crippen MR) is 123 cm³/mol. The Kier molecular flexibility index (Phi) is 7.31. The van der Waals surface area contributed by atoms with Gasteiger partial charge in [-0.2, -0.15) is 0 Å². The third-order valence-corrected chi connectivity index (χ3v) is 5.88. The number of para-hydroxylation sites is 1. The largest absolute Gasteiger partial charge is 0.457 e. The molecule has 0 aromatic heterocycles. The highest BCUT2D eigenvalue weighted by molar-refractivity contribution is 7.92. The Morgan fingerprint density at radius 2 is 1.45 bits per heavy atom. The molecule has 1 amide bonds. The van der Waals surface area contributed by atoms with Gasteiger partial charge in [0, 0.05) is 0 Å². The highest BCUT2D eigenvalue weighted by atomic mass is 32.2. The zero-order valence-corrected chi connectivity index (χ0v) is 18.4. The summed E-state index contributed by atoms with van der Waals surface area (Å²) in [4.78, 5) is 12.7. The molecule has 1 unspecified atom stereocenters. The molecule has 31 heavy (non-hydrogen) atoms. The van der Waals surface area contributed by atoms with Crippen LogP contribution in [0.2, 0.25) is 0 Å². The number of nitrogens with one attached hydrogen (secondary N) is 1. The molecule has 7 heteroatoms. The van der Waals surface area contributed by atoms with E-state index in [2.05, 4.69) is 5.32 Å². The van der Waals surface area contributed by atoms with Crippen LogP contribution in [0.15, 0.2) is 84.9 Å². The number of anilines is 1. The molecular formula is C24H26N2O4S. The minimum Gasteiger partial charge on any atom is -0.457 e. The van der Waals surface area contributed by atoms with Crippen LogP contribution in [0.25, 0.3) is 0 Å². The SMILES string of the molecule is CCC(NC(=O)CN(c1ccc(Oc2ccccc2)cc1)S(C)(=O)=O)c1ccccc1. The van der Waals surface area contributed by atoms with E-state index in [1.54, 1.807) is 24.3 Å². The molecular weight excluding hydrogens is 412 g/mol. The fraction of sp³-hybridized carbons (Fsp3) is 0.208. The van der Waals surface area contributed by atoms with Crippen LogP contribution in [-0.2, 0) is 14.8 Å². The molecule has 0 aliphatic rings. The van der Waals surface area contributed by atoms with Crippen LogP contribution >= 0.6 is 0 Å². The first kappa shape index (κ1) is 22.4. The molecule has 1 N–H and O–H groups in total. The van der Waals surface area contributed by atoms with Crippen molar-refractivity contribution >= 4 is 21.6 Å². The van der Waals surface area contributed by atoms with Gasteiger partial charge in [-0.1, -0.05) is 55.5 Å². The van der Waals surface area contributed by atoms with Crippen molar-refractivity contribution in [3.05, 3.63) is 90.5 Å². The number of sulfonamides is 1. The van der Waals surface area contributed by atoms with E-state index in [4.69, 9.17) is 4.74 Å². The highest BCUT2D eigenvalue weighted by Gasteiger charge is 2.22. The lowest BCUT2D eigenvalue weighted by Gasteiger charge is -2.24. The number of hydrogen-bond acceptors (Lipinski definition) is 4. The van der Waals surface area contributed by atoms with Gasteiger partial charge in [-0.05, 0) is 48.4 Å². The Balaban J connectivity index is 1.72. The van der Waals surface area contributed by atoms with E-state index in [-0.39, 0.29) is 18.5 Å². The van der Waals surface area contributed by atoms with Gasteiger partial charge >= 0.3 is 0 Å². The summed E-state index contributed by atoms with van der Waals surface area (Å²) in [7, 11) is -3.66. The Labute approximate surface area is 183 Å². The van der Waals surface area contributed by atoms with Gasteiger partial charge in [-0.15, -0.1) is 0 Å². The van der Waals surface area contributed by atoms with Crippen molar-refractivity contribution in [1.82, 2.24) is 5.32 Å². The van der Waals surface area contributed by atoms with Gasteiger partial charge in [0.25, 0.3) is 0 Å². The maximum atomic E-state index is 12.7. The zero-order chi connectivity index (χ0) is 22.3. The molecule has 3 rings (SSSR count). The van der Waals surface area contributed by atoms with E-state index in [0.717, 1.165) is 16.1 Å². The Morgan fingerprint density at radius 1 is 0.903 bits per heavy atom. The number of nitrogens with zero attached hydrogens (tertiary/aromatic N) is 1. The smallest absolute Gasteiger partial charge is 0.241 e. The second-order valence-corrected chi connectivity index (χ2v) is 9.02. The Hall–Kier alpha value is -3.32. The van der Waals surface area contributed by atoms with Gasteiger partial charge in [0.1, 0.15) is 18.0 Å². The number of ether oxygens (including phenoxy) is 1. The van der Waals surface area contributed by atoms with Crippen LogP contribution in [0.5, 0.6) is 11.5 Å². The first-order valence-corrected chi connectivity index (χ1v) is 11.9. The summed E-state index contributed by atoms with van der Waals surface area (Å²) in [6, 6.07) is 25.3. The van der Waals surface area contributed by atoms with Crippen molar-refractivity contribution < 1.29 is 17.9 Å². The number of carbonyl (C=O) groups is 1. The van der Waals surface area contributed by atoms with E-state index in [1.165, 1.54) is 0 Å². The van der Waals surface area contributed by atoms with Crippen LogP contribution in [-0.4, -0.2) is 27.1 Å². The third-order valence-electron chi connectivity index (χ3n) is 4.74. The molecule has 0 aliphatic heterocycles. The molecule has 0 fully saturated rings. The van der Waals surface area contributed by atoms with Crippen molar-refractivity contribution in [2.45, 2.75) is 19.4 Å². The topological polar surface area (TPSA) is 75.7 Å². The van der Waals surface area contributed by atoms with E-state index in [1.807, 2.05) is 67.6 Å². The first-order chi connectivity index (χ1) is 14.9. The molecule has 0 spiro atoms. The summed E-state index contributed by atoms with van der Waals surface area (Å²) in [6.07, 6.45) is 1.78. The van der Waals surface area contributed by atoms with E-state index in [0.29, 0.717) is 23.6 Å². The number of rotatable bonds is 9. The lowest BCUT2D eigenvalue weighted by atomic mass is 10.0. The predicted octanol–water partition coefficient (Wildman–Crippen LogP) is 4.51. The zero-order valence-electron chi connectivity index (χ0n) is 17.6. The molecule has 0 radical (unpaired) electrons. The second-order valence-electron chi connectivity index (χ2n) is 7.12. The van der Waals surface area contributed by atoms with Crippen LogP contribution in [0, 0.1) is 0 Å². The normalized spacial score (nSPS) is 12.1. The van der Waals surface area contributed by atoms with Gasteiger partial charge in [-0.3, -0.25) is 9.10 Å². The van der Waals surface area contributed by atoms with E-state index >= 15 is 0 Å². The summed E-state index contributed by atoms with van der Waals surface area (Å²) < 4.78 is 31.6. The average Bonchev–Trinajstić information content (AvgIpc) is 2.77. The van der Waals surface area contributed by atoms with Crippen molar-refractivity contribution in [2.24, 2.45) is 0 Å². The molecule has 162 valence electrons. The Bertz CT molecular complexity index is 1090. The lowest BCUT2D eigenvalue weighted by Crippen LogP contribution is -2.41. The second kappa shape index (κ2) is 10.1. The first-order valence-electron chi connectivity index (χ1n) is 10.0. The van der Waals surface area contributed by atoms with E-state index < -0.39 is 10.0 Å². The molecule has 0 saturated carbocycles. The fourth-order valence-corrected chi connectivity index (χ4v) is 4.04. The molecule has 3 aromatic rings. The van der Waals surface area contributed by atoms with Crippen LogP contribution in [0.1, 0.15) is 24.9 Å². The number of amides is 1. The maximum absolute atomic E-state index is 12.7. The fourth-order valence-electron chi connectivity index (χ4n) is 3.18. The maximum Gasteiger partial charge on any atom is 0.241 e. The summed E-state index contributed by atoms with van der Waals surface area (Å²) in [5.41, 5.74) is 1.37. The number of hydrogen-bond donors (Lipinski definition) is 1. The molecule has 0 saturated heterocycles. The van der Waals surface area contributed by atoms with Crippen molar-refractivity contribution in [1.29, 1.82) is 0 Å². The van der Waals surface area contributed by atoms with Gasteiger partial charge < -0.3 is 10.1 Å². The summed E-state index contributed by atoms with van der Waals surface area (Å²) >= 11 is 0. The highest BCUT2D eigenvalue weighted by Crippen LogP contribution is 2.25. The van der Waals surface area contributed by atoms with Gasteiger partial charge in [0.15, 0.2) is 0 Å². The lowest BCUT2D eigenvalue weighted by molar-refractivity contribution is -0.120. The number of carbonyl (C=O) groups excluding carboxylic acids is 1. The average molecular weight is 439 g/mol. The molecule has 6 nitrogen and oxygen atoms in total. The molecule has 0 heterocycles. The van der Waals surface area contributed by atoms with Crippen LogP contribution in [0.3, 0.4) is 0 Å². The van der Waals surface area contributed by atoms with Crippen molar-refractivity contribution in [2.75, 3.05) is 17.1 Å². The van der Waals surface area contributed by atoms with Crippen molar-refractivity contribution in [3.8, 4) is 11.5 Å². The molecule has 1 atom stereocenters. The Morgan fingerprint density at radius 3 is 2.00 bits per heavy atom. The molecule has 0 bridgehead atoms. The van der Waals surface area contributed by atoms with Crippen molar-refractivity contribution in [3.63, 3.8) is 0 Å². The van der Waals surface area contributed by atoms with E-state index in [9.17, 15) is 13.2 Å². The van der Waals surface area contributed by atoms with Gasteiger partial charge in [-0.25, -0.2) is 8.42 Å². The molecule has 3 aromatic carbocycles. The summed E-state index contributed by atoms with van der Waals surface area (Å²) in [5.74, 6) is 0.884.